The first kappa shape index (κ1) is 16.5. The SMILES string of the molecule is O=C(OC1CC2C3CCC(C3)C2C1OC(=O)c1cccs1)c1cccs1. The number of hydrogen-bond donors (Lipinski definition) is 0. The van der Waals surface area contributed by atoms with Crippen LogP contribution in [0.1, 0.15) is 45.0 Å². The van der Waals surface area contributed by atoms with Gasteiger partial charge in [0.25, 0.3) is 0 Å². The minimum Gasteiger partial charge on any atom is -0.454 e. The number of carbonyl (C=O) groups is 2. The monoisotopic (exact) mass is 388 g/mol. The number of fused-ring (bicyclic) bond motifs is 5. The Labute approximate surface area is 160 Å². The van der Waals surface area contributed by atoms with E-state index in [1.165, 1.54) is 41.9 Å². The highest BCUT2D eigenvalue weighted by molar-refractivity contribution is 7.12. The van der Waals surface area contributed by atoms with Crippen LogP contribution in [0.25, 0.3) is 0 Å². The molecule has 6 unspecified atom stereocenters. The lowest BCUT2D eigenvalue weighted by Gasteiger charge is -2.29. The van der Waals surface area contributed by atoms with E-state index in [0.29, 0.717) is 33.4 Å². The van der Waals surface area contributed by atoms with Gasteiger partial charge < -0.3 is 9.47 Å². The van der Waals surface area contributed by atoms with Crippen LogP contribution in [0.15, 0.2) is 35.0 Å². The van der Waals surface area contributed by atoms with Crippen molar-refractivity contribution in [3.05, 3.63) is 44.8 Å². The van der Waals surface area contributed by atoms with Gasteiger partial charge in [0.2, 0.25) is 0 Å². The number of hydrogen-bond acceptors (Lipinski definition) is 6. The Kier molecular flexibility index (Phi) is 4.13. The first-order valence-electron chi connectivity index (χ1n) is 9.19. The second-order valence-electron chi connectivity index (χ2n) is 7.58. The summed E-state index contributed by atoms with van der Waals surface area (Å²) in [4.78, 5) is 26.3. The molecule has 6 heteroatoms. The van der Waals surface area contributed by atoms with Gasteiger partial charge in [0.05, 0.1) is 0 Å². The standard InChI is InChI=1S/C20H20O4S2/c21-19(15-3-1-7-25-15)23-14-10-13-11-5-6-12(9-11)17(13)18(14)24-20(22)16-4-2-8-26-16/h1-4,7-8,11-14,17-18H,5-6,9-10H2. The lowest BCUT2D eigenvalue weighted by molar-refractivity contribution is -0.0412. The maximum Gasteiger partial charge on any atom is 0.348 e. The summed E-state index contributed by atoms with van der Waals surface area (Å²) in [5, 5.41) is 3.74. The third-order valence-corrected chi connectivity index (χ3v) is 8.05. The molecule has 3 aliphatic carbocycles. The van der Waals surface area contributed by atoms with Crippen molar-refractivity contribution in [2.45, 2.75) is 37.9 Å². The predicted octanol–water partition coefficient (Wildman–Crippen LogP) is 4.63. The second-order valence-corrected chi connectivity index (χ2v) is 9.47. The average Bonchev–Trinajstić information content (AvgIpc) is 3.42. The second kappa shape index (κ2) is 6.50. The average molecular weight is 389 g/mol. The third-order valence-electron chi connectivity index (χ3n) is 6.35. The molecular weight excluding hydrogens is 368 g/mol. The molecule has 26 heavy (non-hydrogen) atoms. The molecule has 3 aliphatic rings. The summed E-state index contributed by atoms with van der Waals surface area (Å²) in [6.07, 6.45) is 3.91. The Morgan fingerprint density at radius 3 is 2.19 bits per heavy atom. The molecule has 0 radical (unpaired) electrons. The molecule has 6 atom stereocenters. The molecule has 3 fully saturated rings. The summed E-state index contributed by atoms with van der Waals surface area (Å²) in [7, 11) is 0. The van der Waals surface area contributed by atoms with E-state index in [9.17, 15) is 9.59 Å². The third kappa shape index (κ3) is 2.70. The highest BCUT2D eigenvalue weighted by atomic mass is 32.1. The van der Waals surface area contributed by atoms with Gasteiger partial charge in [-0.2, -0.15) is 0 Å². The fourth-order valence-corrected chi connectivity index (χ4v) is 6.61. The van der Waals surface area contributed by atoms with Crippen molar-refractivity contribution in [2.24, 2.45) is 23.7 Å². The minimum atomic E-state index is -0.327. The van der Waals surface area contributed by atoms with Gasteiger partial charge in [-0.3, -0.25) is 0 Å². The topological polar surface area (TPSA) is 52.6 Å². The molecule has 0 saturated heterocycles. The highest BCUT2D eigenvalue weighted by Crippen LogP contribution is 2.60. The number of thiophene rings is 2. The van der Waals surface area contributed by atoms with E-state index in [1.807, 2.05) is 22.9 Å². The number of ether oxygens (including phenoxy) is 2. The van der Waals surface area contributed by atoms with Crippen molar-refractivity contribution in [1.82, 2.24) is 0 Å². The lowest BCUT2D eigenvalue weighted by Crippen LogP contribution is -2.37. The van der Waals surface area contributed by atoms with Crippen molar-refractivity contribution in [1.29, 1.82) is 0 Å². The number of carbonyl (C=O) groups excluding carboxylic acids is 2. The van der Waals surface area contributed by atoms with Crippen molar-refractivity contribution in [2.75, 3.05) is 0 Å². The van der Waals surface area contributed by atoms with Gasteiger partial charge in [0.1, 0.15) is 22.0 Å². The van der Waals surface area contributed by atoms with Crippen LogP contribution < -0.4 is 0 Å². The number of esters is 2. The largest absolute Gasteiger partial charge is 0.454 e. The summed E-state index contributed by atoms with van der Waals surface area (Å²) in [5.41, 5.74) is 0. The van der Waals surface area contributed by atoms with E-state index in [4.69, 9.17) is 9.47 Å². The maximum absolute atomic E-state index is 12.6. The van der Waals surface area contributed by atoms with Crippen molar-refractivity contribution in [3.63, 3.8) is 0 Å². The maximum atomic E-state index is 12.6. The molecule has 0 aliphatic heterocycles. The van der Waals surface area contributed by atoms with Gasteiger partial charge >= 0.3 is 11.9 Å². The molecule has 5 rings (SSSR count). The van der Waals surface area contributed by atoms with Crippen LogP contribution in [-0.4, -0.2) is 24.1 Å². The van der Waals surface area contributed by atoms with Gasteiger partial charge in [0, 0.05) is 5.92 Å². The lowest BCUT2D eigenvalue weighted by atomic mass is 9.81. The normalized spacial score (nSPS) is 34.6. The van der Waals surface area contributed by atoms with Crippen molar-refractivity contribution >= 4 is 34.6 Å². The zero-order valence-electron chi connectivity index (χ0n) is 14.2. The minimum absolute atomic E-state index is 0.286. The van der Waals surface area contributed by atoms with E-state index in [-0.39, 0.29) is 24.1 Å². The quantitative estimate of drug-likeness (QED) is 0.717. The van der Waals surface area contributed by atoms with Crippen LogP contribution in [0.2, 0.25) is 0 Å². The first-order chi connectivity index (χ1) is 12.7. The predicted molar refractivity (Wildman–Crippen MR) is 99.5 cm³/mol. The molecule has 4 nitrogen and oxygen atoms in total. The summed E-state index contributed by atoms with van der Waals surface area (Å²) >= 11 is 2.77. The molecule has 0 amide bonds. The van der Waals surface area contributed by atoms with Gasteiger partial charge in [-0.1, -0.05) is 12.1 Å². The van der Waals surface area contributed by atoms with Crippen LogP contribution in [0.3, 0.4) is 0 Å². The van der Waals surface area contributed by atoms with Gasteiger partial charge in [-0.05, 0) is 66.3 Å². The molecule has 3 saturated carbocycles. The molecule has 2 bridgehead atoms. The molecule has 0 aromatic carbocycles. The zero-order chi connectivity index (χ0) is 17.7. The van der Waals surface area contributed by atoms with E-state index in [1.54, 1.807) is 12.1 Å². The summed E-state index contributed by atoms with van der Waals surface area (Å²) in [6, 6.07) is 7.26. The van der Waals surface area contributed by atoms with Crippen LogP contribution in [0.4, 0.5) is 0 Å². The van der Waals surface area contributed by atoms with Crippen LogP contribution in [0, 0.1) is 23.7 Å². The molecular formula is C20H20O4S2. The van der Waals surface area contributed by atoms with Crippen LogP contribution in [-0.2, 0) is 9.47 Å². The van der Waals surface area contributed by atoms with E-state index in [0.717, 1.165) is 6.42 Å². The van der Waals surface area contributed by atoms with Gasteiger partial charge in [-0.15, -0.1) is 22.7 Å². The molecule has 0 spiro atoms. The Morgan fingerprint density at radius 2 is 1.54 bits per heavy atom. The Balaban J connectivity index is 1.37. The summed E-state index contributed by atoms with van der Waals surface area (Å²) in [6.45, 7) is 0. The van der Waals surface area contributed by atoms with E-state index >= 15 is 0 Å². The van der Waals surface area contributed by atoms with Gasteiger partial charge in [0.15, 0.2) is 0 Å². The van der Waals surface area contributed by atoms with E-state index in [2.05, 4.69) is 0 Å². The highest BCUT2D eigenvalue weighted by Gasteiger charge is 2.59. The zero-order valence-corrected chi connectivity index (χ0v) is 15.8. The van der Waals surface area contributed by atoms with E-state index < -0.39 is 0 Å². The smallest absolute Gasteiger partial charge is 0.348 e. The molecule has 0 N–H and O–H groups in total. The molecule has 136 valence electrons. The summed E-state index contributed by atoms with van der Waals surface area (Å²) in [5.74, 6) is 1.60. The molecule has 2 heterocycles. The molecule has 2 aromatic heterocycles. The Bertz CT molecular complexity index is 798. The fraction of sp³-hybridized carbons (Fsp3) is 0.500. The Hall–Kier alpha value is -1.66. The first-order valence-corrected chi connectivity index (χ1v) is 11.0. The number of rotatable bonds is 4. The fourth-order valence-electron chi connectivity index (χ4n) is 5.40. The van der Waals surface area contributed by atoms with Crippen molar-refractivity contribution < 1.29 is 19.1 Å². The van der Waals surface area contributed by atoms with Gasteiger partial charge in [-0.25, -0.2) is 9.59 Å². The Morgan fingerprint density at radius 1 is 0.885 bits per heavy atom. The van der Waals surface area contributed by atoms with Crippen LogP contribution >= 0.6 is 22.7 Å². The van der Waals surface area contributed by atoms with Crippen molar-refractivity contribution in [3.8, 4) is 0 Å². The summed E-state index contributed by atoms with van der Waals surface area (Å²) < 4.78 is 11.8. The van der Waals surface area contributed by atoms with Crippen LogP contribution in [0.5, 0.6) is 0 Å². The molecule has 2 aromatic rings.